The minimum absolute atomic E-state index is 0.181. The molecule has 0 aliphatic carbocycles. The van der Waals surface area contributed by atoms with Crippen LogP contribution in [0.1, 0.15) is 6.42 Å². The Labute approximate surface area is 108 Å². The predicted molar refractivity (Wildman–Crippen MR) is 67.3 cm³/mol. The topological polar surface area (TPSA) is 147 Å². The molecule has 0 saturated heterocycles. The lowest BCUT2D eigenvalue weighted by molar-refractivity contribution is 0.173. The first kappa shape index (κ1) is 13.9. The zero-order valence-electron chi connectivity index (χ0n) is 9.92. The van der Waals surface area contributed by atoms with E-state index in [0.29, 0.717) is 17.7 Å². The van der Waals surface area contributed by atoms with Gasteiger partial charge in [-0.05, 0) is 6.42 Å². The van der Waals surface area contributed by atoms with Gasteiger partial charge in [0.05, 0.1) is 18.6 Å². The molecule has 5 N–H and O–H groups in total. The maximum atomic E-state index is 10.7. The summed E-state index contributed by atoms with van der Waals surface area (Å²) in [5, 5.41) is 9.53. The molecule has 2 rings (SSSR count). The number of imidazole rings is 1. The molecule has 9 nitrogen and oxygen atoms in total. The van der Waals surface area contributed by atoms with E-state index < -0.39 is 19.9 Å². The summed E-state index contributed by atoms with van der Waals surface area (Å²) in [5.41, 5.74) is 6.62. The van der Waals surface area contributed by atoms with Crippen LogP contribution in [0.5, 0.6) is 0 Å². The number of anilines is 1. The fourth-order valence-electron chi connectivity index (χ4n) is 1.72. The average molecular weight is 287 g/mol. The van der Waals surface area contributed by atoms with Crippen LogP contribution in [0.15, 0.2) is 12.7 Å². The molecular weight excluding hydrogens is 273 g/mol. The Kier molecular flexibility index (Phi) is 3.81. The minimum atomic E-state index is -4.20. The summed E-state index contributed by atoms with van der Waals surface area (Å²) in [4.78, 5) is 29.4. The number of hydrogen-bond donors (Lipinski definition) is 4. The highest BCUT2D eigenvalue weighted by Crippen LogP contribution is 2.35. The van der Waals surface area contributed by atoms with Crippen molar-refractivity contribution in [2.75, 3.05) is 11.9 Å². The van der Waals surface area contributed by atoms with Gasteiger partial charge in [0.2, 0.25) is 0 Å². The highest BCUT2D eigenvalue weighted by molar-refractivity contribution is 7.51. The van der Waals surface area contributed by atoms with E-state index in [4.69, 9.17) is 15.5 Å². The first-order valence-electron chi connectivity index (χ1n) is 5.51. The molecule has 0 radical (unpaired) electrons. The maximum Gasteiger partial charge on any atom is 0.328 e. The van der Waals surface area contributed by atoms with Gasteiger partial charge >= 0.3 is 7.60 Å². The zero-order chi connectivity index (χ0) is 14.0. The molecule has 2 aromatic rings. The number of fused-ring (bicyclic) bond motifs is 1. The van der Waals surface area contributed by atoms with E-state index in [2.05, 4.69) is 15.0 Å². The second-order valence-corrected chi connectivity index (χ2v) is 5.85. The van der Waals surface area contributed by atoms with Gasteiger partial charge in [-0.1, -0.05) is 0 Å². The Bertz CT molecular complexity index is 624. The summed E-state index contributed by atoms with van der Waals surface area (Å²) in [7, 11) is -4.20. The number of aliphatic hydroxyl groups is 1. The van der Waals surface area contributed by atoms with Gasteiger partial charge in [-0.15, -0.1) is 0 Å². The minimum Gasteiger partial charge on any atom is -0.392 e. The fraction of sp³-hybridized carbons (Fsp3) is 0.444. The van der Waals surface area contributed by atoms with Crippen LogP contribution in [0.3, 0.4) is 0 Å². The molecule has 0 fully saturated rings. The molecule has 2 aromatic heterocycles. The predicted octanol–water partition coefficient (Wildman–Crippen LogP) is -0.663. The Balaban J connectivity index is 2.06. The van der Waals surface area contributed by atoms with Crippen LogP contribution in [0.4, 0.5) is 5.82 Å². The van der Waals surface area contributed by atoms with Gasteiger partial charge < -0.3 is 25.2 Å². The quantitative estimate of drug-likeness (QED) is 0.529. The number of aryl methyl sites for hydroxylation is 1. The van der Waals surface area contributed by atoms with E-state index in [9.17, 15) is 9.67 Å². The third-order valence-corrected chi connectivity index (χ3v) is 3.48. The number of aliphatic hydroxyl groups excluding tert-OH is 1. The van der Waals surface area contributed by atoms with Crippen LogP contribution < -0.4 is 5.73 Å². The Morgan fingerprint density at radius 2 is 2.11 bits per heavy atom. The molecule has 0 aliphatic heterocycles. The van der Waals surface area contributed by atoms with Crippen LogP contribution >= 0.6 is 7.60 Å². The third-order valence-electron chi connectivity index (χ3n) is 2.58. The van der Waals surface area contributed by atoms with Gasteiger partial charge in [0.25, 0.3) is 0 Å². The second-order valence-electron chi connectivity index (χ2n) is 4.16. The summed E-state index contributed by atoms with van der Waals surface area (Å²) in [5.74, 6) is 0.263. The molecule has 0 amide bonds. The van der Waals surface area contributed by atoms with Gasteiger partial charge in [0.1, 0.15) is 11.8 Å². The lowest BCUT2D eigenvalue weighted by atomic mass is 10.3. The van der Waals surface area contributed by atoms with Gasteiger partial charge in [0, 0.05) is 6.54 Å². The lowest BCUT2D eigenvalue weighted by Crippen LogP contribution is -2.15. The molecule has 10 heteroatoms. The Hall–Kier alpha value is -1.54. The van der Waals surface area contributed by atoms with Gasteiger partial charge in [-0.3, -0.25) is 4.57 Å². The van der Waals surface area contributed by atoms with Crippen molar-refractivity contribution in [3.05, 3.63) is 12.7 Å². The van der Waals surface area contributed by atoms with Crippen molar-refractivity contribution in [1.29, 1.82) is 0 Å². The number of nitrogens with zero attached hydrogens (tertiary/aromatic N) is 4. The smallest absolute Gasteiger partial charge is 0.328 e. The van der Waals surface area contributed by atoms with Crippen molar-refractivity contribution in [3.63, 3.8) is 0 Å². The number of nitrogens with two attached hydrogens (primary N) is 1. The van der Waals surface area contributed by atoms with E-state index in [1.807, 2.05) is 0 Å². The van der Waals surface area contributed by atoms with Crippen molar-refractivity contribution in [1.82, 2.24) is 19.5 Å². The summed E-state index contributed by atoms with van der Waals surface area (Å²) in [6, 6.07) is 0. The van der Waals surface area contributed by atoms with Crippen LogP contribution in [0.2, 0.25) is 0 Å². The number of nitrogen functional groups attached to an aromatic ring is 1. The number of hydrogen-bond acceptors (Lipinski definition) is 6. The lowest BCUT2D eigenvalue weighted by Gasteiger charge is -2.11. The molecule has 0 aromatic carbocycles. The number of rotatable bonds is 5. The van der Waals surface area contributed by atoms with E-state index >= 15 is 0 Å². The van der Waals surface area contributed by atoms with Gasteiger partial charge in [-0.2, -0.15) is 0 Å². The fourth-order valence-corrected chi connectivity index (χ4v) is 2.45. The van der Waals surface area contributed by atoms with Crippen molar-refractivity contribution < 1.29 is 19.5 Å². The maximum absolute atomic E-state index is 10.7. The first-order chi connectivity index (χ1) is 8.87. The third kappa shape index (κ3) is 3.48. The van der Waals surface area contributed by atoms with Crippen molar-refractivity contribution in [3.8, 4) is 0 Å². The van der Waals surface area contributed by atoms with Crippen molar-refractivity contribution in [2.45, 2.75) is 19.1 Å². The molecule has 1 atom stereocenters. The molecule has 2 heterocycles. The van der Waals surface area contributed by atoms with Crippen LogP contribution in [0, 0.1) is 0 Å². The molecular formula is C9H14N5O4P. The molecule has 0 bridgehead atoms. The monoisotopic (exact) mass is 287 g/mol. The van der Waals surface area contributed by atoms with Gasteiger partial charge in [-0.25, -0.2) is 15.0 Å². The number of aromatic nitrogens is 4. The van der Waals surface area contributed by atoms with E-state index in [1.54, 1.807) is 4.57 Å². The largest absolute Gasteiger partial charge is 0.392 e. The average Bonchev–Trinajstić information content (AvgIpc) is 2.69. The van der Waals surface area contributed by atoms with Gasteiger partial charge in [0.15, 0.2) is 11.5 Å². The summed E-state index contributed by atoms with van der Waals surface area (Å²) < 4.78 is 12.4. The van der Waals surface area contributed by atoms with Crippen LogP contribution in [-0.2, 0) is 11.1 Å². The Morgan fingerprint density at radius 3 is 2.79 bits per heavy atom. The molecule has 104 valence electrons. The summed E-state index contributed by atoms with van der Waals surface area (Å²) in [6.45, 7) is 0.327. The molecule has 0 spiro atoms. The van der Waals surface area contributed by atoms with Crippen LogP contribution in [-0.4, -0.2) is 46.7 Å². The van der Waals surface area contributed by atoms with E-state index in [-0.39, 0.29) is 12.2 Å². The van der Waals surface area contributed by atoms with Crippen molar-refractivity contribution in [2.24, 2.45) is 0 Å². The zero-order valence-corrected chi connectivity index (χ0v) is 10.8. The highest BCUT2D eigenvalue weighted by Gasteiger charge is 2.19. The summed E-state index contributed by atoms with van der Waals surface area (Å²) in [6.07, 6.45) is 1.34. The molecule has 0 aliphatic rings. The van der Waals surface area contributed by atoms with Crippen molar-refractivity contribution >= 4 is 24.6 Å². The van der Waals surface area contributed by atoms with E-state index in [0.717, 1.165) is 0 Å². The van der Waals surface area contributed by atoms with E-state index in [1.165, 1.54) is 12.7 Å². The highest BCUT2D eigenvalue weighted by atomic mass is 31.2. The normalized spacial score (nSPS) is 13.8. The first-order valence-corrected chi connectivity index (χ1v) is 7.30. The molecule has 0 saturated carbocycles. The molecule has 0 unspecified atom stereocenters. The SMILES string of the molecule is Nc1ncnc2c1ncn2CC[C@@H](O)CP(=O)(O)O. The van der Waals surface area contributed by atoms with Crippen LogP contribution in [0.25, 0.3) is 11.2 Å². The standard InChI is InChI=1S/C9H14N5O4P/c10-8-7-9(12-4-11-8)14(5-13-7)2-1-6(15)3-19(16,17)18/h4-6,15H,1-3H2,(H2,10,11,12)(H2,16,17,18)/t6-/m1/s1. The summed E-state index contributed by atoms with van der Waals surface area (Å²) >= 11 is 0. The molecule has 19 heavy (non-hydrogen) atoms. The Morgan fingerprint density at radius 1 is 1.37 bits per heavy atom. The second kappa shape index (κ2) is 5.22.